The molecule has 2 rings (SSSR count). The van der Waals surface area contributed by atoms with Crippen LogP contribution in [0.4, 0.5) is 0 Å². The van der Waals surface area contributed by atoms with Crippen molar-refractivity contribution >= 4 is 37.0 Å². The largest absolute Gasteiger partial charge is 0.281 e. The van der Waals surface area contributed by atoms with E-state index in [9.17, 15) is 8.42 Å². The maximum atomic E-state index is 11.9. The third-order valence-corrected chi connectivity index (χ3v) is 5.34. The number of imidazole rings is 1. The molecule has 0 unspecified atom stereocenters. The number of aryl methyl sites for hydroxylation is 2. The zero-order valence-corrected chi connectivity index (χ0v) is 15.9. The van der Waals surface area contributed by atoms with Crippen LogP contribution in [0.5, 0.6) is 0 Å². The SMILES string of the molecule is CCCc1nn2c(S(=O)(=O)Cl)c(Cl)nc2c(CCC)c1CCC. The molecule has 2 aromatic rings. The Bertz CT molecular complexity index is 816. The van der Waals surface area contributed by atoms with Crippen molar-refractivity contribution in [2.45, 2.75) is 64.3 Å². The van der Waals surface area contributed by atoms with E-state index in [2.05, 4.69) is 30.9 Å². The molecule has 0 saturated carbocycles. The van der Waals surface area contributed by atoms with Crippen LogP contribution < -0.4 is 0 Å². The molecule has 5 nitrogen and oxygen atoms in total. The quantitative estimate of drug-likeness (QED) is 0.679. The lowest BCUT2D eigenvalue weighted by molar-refractivity contribution is 0.600. The summed E-state index contributed by atoms with van der Waals surface area (Å²) >= 11 is 6.05. The van der Waals surface area contributed by atoms with Crippen LogP contribution in [0.2, 0.25) is 5.15 Å². The normalized spacial score (nSPS) is 12.2. The zero-order valence-electron chi connectivity index (χ0n) is 13.6. The summed E-state index contributed by atoms with van der Waals surface area (Å²) in [5.41, 5.74) is 3.60. The molecule has 0 amide bonds. The van der Waals surface area contributed by atoms with Crippen LogP contribution >= 0.6 is 22.3 Å². The lowest BCUT2D eigenvalue weighted by atomic mass is 9.97. The molecular weight excluding hydrogens is 357 g/mol. The fraction of sp³-hybridized carbons (Fsp3) is 0.600. The number of hydrogen-bond donors (Lipinski definition) is 0. The highest BCUT2D eigenvalue weighted by atomic mass is 35.7. The van der Waals surface area contributed by atoms with Crippen molar-refractivity contribution < 1.29 is 8.42 Å². The Morgan fingerprint density at radius 2 is 1.57 bits per heavy atom. The van der Waals surface area contributed by atoms with Crippen LogP contribution in [0.3, 0.4) is 0 Å². The number of halogens is 2. The molecule has 0 aromatic carbocycles. The van der Waals surface area contributed by atoms with Gasteiger partial charge in [0.05, 0.1) is 5.69 Å². The number of aromatic nitrogens is 3. The summed E-state index contributed by atoms with van der Waals surface area (Å²) < 4.78 is 25.0. The van der Waals surface area contributed by atoms with E-state index in [0.717, 1.165) is 49.8 Å². The maximum Gasteiger partial charge on any atom is 0.281 e. The zero-order chi connectivity index (χ0) is 17.2. The number of fused-ring (bicyclic) bond motifs is 1. The first-order valence-electron chi connectivity index (χ1n) is 7.88. The summed E-state index contributed by atoms with van der Waals surface area (Å²) in [4.78, 5) is 4.24. The number of hydrogen-bond acceptors (Lipinski definition) is 4. The topological polar surface area (TPSA) is 64.3 Å². The third kappa shape index (κ3) is 3.64. The van der Waals surface area contributed by atoms with Crippen molar-refractivity contribution in [1.29, 1.82) is 0 Å². The van der Waals surface area contributed by atoms with Gasteiger partial charge in [-0.3, -0.25) is 0 Å². The average Bonchev–Trinajstić information content (AvgIpc) is 2.78. The van der Waals surface area contributed by atoms with E-state index < -0.39 is 9.05 Å². The first kappa shape index (κ1) is 18.5. The third-order valence-electron chi connectivity index (χ3n) is 3.69. The van der Waals surface area contributed by atoms with Gasteiger partial charge in [-0.15, -0.1) is 0 Å². The molecule has 0 fully saturated rings. The number of nitrogens with zero attached hydrogens (tertiary/aromatic N) is 3. The minimum Gasteiger partial charge on any atom is -0.213 e. The lowest BCUT2D eigenvalue weighted by Gasteiger charge is -2.14. The van der Waals surface area contributed by atoms with E-state index in [0.29, 0.717) is 5.65 Å². The van der Waals surface area contributed by atoms with Gasteiger partial charge in [0.25, 0.3) is 9.05 Å². The van der Waals surface area contributed by atoms with Gasteiger partial charge in [-0.25, -0.2) is 13.4 Å². The Morgan fingerprint density at radius 1 is 1.00 bits per heavy atom. The smallest absolute Gasteiger partial charge is 0.213 e. The lowest BCUT2D eigenvalue weighted by Crippen LogP contribution is -2.11. The van der Waals surface area contributed by atoms with E-state index >= 15 is 0 Å². The Kier molecular flexibility index (Phi) is 5.92. The summed E-state index contributed by atoms with van der Waals surface area (Å²) in [7, 11) is 1.50. The van der Waals surface area contributed by atoms with Crippen molar-refractivity contribution in [3.05, 3.63) is 22.0 Å². The molecule has 0 aliphatic heterocycles. The number of rotatable bonds is 7. The van der Waals surface area contributed by atoms with Crippen molar-refractivity contribution in [2.24, 2.45) is 0 Å². The second-order valence-corrected chi connectivity index (χ2v) is 8.37. The second kappa shape index (κ2) is 7.36. The van der Waals surface area contributed by atoms with Crippen molar-refractivity contribution in [3.63, 3.8) is 0 Å². The molecule has 0 aliphatic carbocycles. The summed E-state index contributed by atoms with van der Waals surface area (Å²) in [5.74, 6) is 0. The van der Waals surface area contributed by atoms with Crippen molar-refractivity contribution in [1.82, 2.24) is 14.6 Å². The van der Waals surface area contributed by atoms with Crippen molar-refractivity contribution in [2.75, 3.05) is 0 Å². The minimum atomic E-state index is -4.03. The van der Waals surface area contributed by atoms with E-state index in [1.165, 1.54) is 10.1 Å². The highest BCUT2D eigenvalue weighted by Crippen LogP contribution is 2.30. The standard InChI is InChI=1S/C15H21Cl2N3O2S/c1-4-7-10-11(8-5-2)14-18-13(16)15(23(17,21)22)20(14)19-12(10)9-6-3/h4-9H2,1-3H3. The van der Waals surface area contributed by atoms with Crippen LogP contribution in [-0.4, -0.2) is 23.0 Å². The molecule has 0 N–H and O–H groups in total. The molecule has 23 heavy (non-hydrogen) atoms. The van der Waals surface area contributed by atoms with Gasteiger partial charge in [0, 0.05) is 16.2 Å². The Balaban J connectivity index is 2.90. The van der Waals surface area contributed by atoms with Gasteiger partial charge >= 0.3 is 0 Å². The maximum absolute atomic E-state index is 11.9. The molecule has 8 heteroatoms. The van der Waals surface area contributed by atoms with Gasteiger partial charge in [-0.05, 0) is 24.8 Å². The van der Waals surface area contributed by atoms with E-state index in [1.54, 1.807) is 0 Å². The first-order chi connectivity index (χ1) is 10.8. The highest BCUT2D eigenvalue weighted by Gasteiger charge is 2.26. The summed E-state index contributed by atoms with van der Waals surface area (Å²) in [6.45, 7) is 6.26. The molecule has 128 valence electrons. The molecule has 0 saturated heterocycles. The fourth-order valence-electron chi connectivity index (χ4n) is 2.85. The molecule has 0 spiro atoms. The van der Waals surface area contributed by atoms with Gasteiger partial charge in [-0.2, -0.15) is 9.61 Å². The molecule has 0 radical (unpaired) electrons. The fourth-order valence-corrected chi connectivity index (χ4v) is 4.43. The average molecular weight is 378 g/mol. The van der Waals surface area contributed by atoms with Crippen LogP contribution in [0.15, 0.2) is 5.03 Å². The van der Waals surface area contributed by atoms with Crippen LogP contribution in [0, 0.1) is 0 Å². The predicted molar refractivity (Wildman–Crippen MR) is 93.0 cm³/mol. The molecule has 2 heterocycles. The predicted octanol–water partition coefficient (Wildman–Crippen LogP) is 4.17. The molecule has 0 atom stereocenters. The van der Waals surface area contributed by atoms with Crippen molar-refractivity contribution in [3.8, 4) is 0 Å². The van der Waals surface area contributed by atoms with Crippen LogP contribution in [0.25, 0.3) is 5.65 Å². The van der Waals surface area contributed by atoms with Gasteiger partial charge in [-0.1, -0.05) is 51.6 Å². The molecular formula is C15H21Cl2N3O2S. The van der Waals surface area contributed by atoms with E-state index in [-0.39, 0.29) is 10.2 Å². The minimum absolute atomic E-state index is 0.124. The summed E-state index contributed by atoms with van der Waals surface area (Å²) in [5, 5.41) is 4.15. The van der Waals surface area contributed by atoms with Gasteiger partial charge < -0.3 is 0 Å². The molecule has 0 aliphatic rings. The first-order valence-corrected chi connectivity index (χ1v) is 10.6. The van der Waals surface area contributed by atoms with Crippen LogP contribution in [0.1, 0.15) is 56.9 Å². The Hall–Kier alpha value is -0.850. The second-order valence-electron chi connectivity index (χ2n) is 5.53. The monoisotopic (exact) mass is 377 g/mol. The van der Waals surface area contributed by atoms with Crippen LogP contribution in [-0.2, 0) is 28.3 Å². The molecule has 0 bridgehead atoms. The molecule has 2 aromatic heterocycles. The van der Waals surface area contributed by atoms with Gasteiger partial charge in [0.1, 0.15) is 0 Å². The summed E-state index contributed by atoms with van der Waals surface area (Å²) in [6.07, 6.45) is 5.30. The highest BCUT2D eigenvalue weighted by molar-refractivity contribution is 8.13. The Labute approximate surface area is 146 Å². The van der Waals surface area contributed by atoms with Gasteiger partial charge in [0.15, 0.2) is 10.8 Å². The summed E-state index contributed by atoms with van der Waals surface area (Å²) in [6, 6.07) is 0. The Morgan fingerprint density at radius 3 is 2.09 bits per heavy atom. The van der Waals surface area contributed by atoms with Gasteiger partial charge in [0.2, 0.25) is 5.03 Å². The van der Waals surface area contributed by atoms with E-state index in [1.807, 2.05) is 0 Å². The van der Waals surface area contributed by atoms with E-state index in [4.69, 9.17) is 22.3 Å².